The average molecular weight is 307 g/mol. The predicted molar refractivity (Wildman–Crippen MR) is 82.4 cm³/mol. The van der Waals surface area contributed by atoms with Crippen molar-refractivity contribution in [3.8, 4) is 5.75 Å². The number of carboxylic acid groups (broad SMARTS) is 1. The van der Waals surface area contributed by atoms with Crippen molar-refractivity contribution in [2.75, 3.05) is 38.7 Å². The molecule has 0 radical (unpaired) electrons. The normalized spacial score (nSPS) is 21.5. The molecule has 1 aromatic carbocycles. The highest BCUT2D eigenvalue weighted by Crippen LogP contribution is 2.32. The number of carbonyl (C=O) groups is 2. The molecule has 0 spiro atoms. The van der Waals surface area contributed by atoms with Gasteiger partial charge in [0, 0.05) is 19.5 Å². The van der Waals surface area contributed by atoms with E-state index >= 15 is 0 Å². The van der Waals surface area contributed by atoms with Crippen molar-refractivity contribution in [1.82, 2.24) is 10.2 Å². The predicted octanol–water partition coefficient (Wildman–Crippen LogP) is 1.000. The van der Waals surface area contributed by atoms with Gasteiger partial charge in [-0.05, 0) is 19.2 Å². The molecule has 1 unspecified atom stereocenters. The number of nitrogens with one attached hydrogen (secondary N) is 1. The first kappa shape index (κ1) is 16.1. The van der Waals surface area contributed by atoms with Gasteiger partial charge in [-0.3, -0.25) is 10.2 Å². The van der Waals surface area contributed by atoms with E-state index in [1.807, 2.05) is 29.2 Å². The van der Waals surface area contributed by atoms with Crippen LogP contribution in [0.4, 0.5) is 10.5 Å². The fourth-order valence-electron chi connectivity index (χ4n) is 2.92. The maximum atomic E-state index is 11.5. The molecule has 1 aliphatic rings. The third kappa shape index (κ3) is 2.85. The number of ether oxygens (including phenoxy) is 1. The molecule has 0 aliphatic carbocycles. The standard InChI is InChI=1S/C15H21N3O4/c1-16-15(7-10-19)11-17(8-9-18(15)14(20)21)12-5-3-4-6-13(12)22-2/h3-6,10,16H,7-9,11H2,1-2H3,(H,20,21). The van der Waals surface area contributed by atoms with E-state index in [0.29, 0.717) is 19.6 Å². The lowest BCUT2D eigenvalue weighted by atomic mass is 10.0. The summed E-state index contributed by atoms with van der Waals surface area (Å²) in [5, 5.41) is 12.4. The third-order valence-corrected chi connectivity index (χ3v) is 4.11. The summed E-state index contributed by atoms with van der Waals surface area (Å²) in [6, 6.07) is 7.57. The van der Waals surface area contributed by atoms with E-state index in [1.54, 1.807) is 14.2 Å². The molecule has 22 heavy (non-hydrogen) atoms. The van der Waals surface area contributed by atoms with Crippen molar-refractivity contribution >= 4 is 18.1 Å². The van der Waals surface area contributed by atoms with Crippen molar-refractivity contribution < 1.29 is 19.4 Å². The van der Waals surface area contributed by atoms with Crippen molar-refractivity contribution in [3.63, 3.8) is 0 Å². The Labute approximate surface area is 129 Å². The molecule has 0 aromatic heterocycles. The van der Waals surface area contributed by atoms with Crippen LogP contribution in [0.3, 0.4) is 0 Å². The van der Waals surface area contributed by atoms with Crippen molar-refractivity contribution in [1.29, 1.82) is 0 Å². The number of hydrogen-bond donors (Lipinski definition) is 2. The van der Waals surface area contributed by atoms with Gasteiger partial charge in [-0.2, -0.15) is 0 Å². The van der Waals surface area contributed by atoms with Gasteiger partial charge in [0.15, 0.2) is 0 Å². The number of methoxy groups -OCH3 is 1. The monoisotopic (exact) mass is 307 g/mol. The Hall–Kier alpha value is -2.28. The highest BCUT2D eigenvalue weighted by molar-refractivity contribution is 5.69. The molecule has 1 heterocycles. The van der Waals surface area contributed by atoms with E-state index in [-0.39, 0.29) is 6.42 Å². The van der Waals surface area contributed by atoms with Gasteiger partial charge in [-0.25, -0.2) is 4.79 Å². The van der Waals surface area contributed by atoms with Gasteiger partial charge in [0.05, 0.1) is 19.3 Å². The molecule has 1 amide bonds. The SMILES string of the molecule is CNC1(CC=O)CN(c2ccccc2OC)CCN1C(=O)O. The number of amides is 1. The topological polar surface area (TPSA) is 82.1 Å². The fraction of sp³-hybridized carbons (Fsp3) is 0.467. The van der Waals surface area contributed by atoms with Gasteiger partial charge in [-0.1, -0.05) is 12.1 Å². The summed E-state index contributed by atoms with van der Waals surface area (Å²) >= 11 is 0. The lowest BCUT2D eigenvalue weighted by Gasteiger charge is -2.49. The number of rotatable bonds is 5. The Kier molecular flexibility index (Phi) is 4.87. The number of benzene rings is 1. The van der Waals surface area contributed by atoms with Crippen LogP contribution in [0.5, 0.6) is 5.75 Å². The molecule has 1 atom stereocenters. The summed E-state index contributed by atoms with van der Waals surface area (Å²) in [7, 11) is 3.27. The van der Waals surface area contributed by atoms with Gasteiger partial charge < -0.3 is 19.5 Å². The number of anilines is 1. The Morgan fingerprint density at radius 3 is 2.77 bits per heavy atom. The molecule has 0 bridgehead atoms. The molecule has 2 rings (SSSR count). The number of likely N-dealkylation sites (N-methyl/N-ethyl adjacent to an activating group) is 1. The number of piperazine rings is 1. The number of para-hydroxylation sites is 2. The summed E-state index contributed by atoms with van der Waals surface area (Å²) < 4.78 is 5.37. The molecule has 7 nitrogen and oxygen atoms in total. The molecular formula is C15H21N3O4. The summed E-state index contributed by atoms with van der Waals surface area (Å²) in [6.07, 6.45) is -0.199. The van der Waals surface area contributed by atoms with E-state index in [2.05, 4.69) is 5.32 Å². The third-order valence-electron chi connectivity index (χ3n) is 4.11. The van der Waals surface area contributed by atoms with Gasteiger partial charge in [0.2, 0.25) is 0 Å². The van der Waals surface area contributed by atoms with Crippen LogP contribution < -0.4 is 15.0 Å². The zero-order chi connectivity index (χ0) is 16.2. The maximum absolute atomic E-state index is 11.5. The van der Waals surface area contributed by atoms with Crippen LogP contribution in [-0.4, -0.2) is 61.8 Å². The van der Waals surface area contributed by atoms with Crippen LogP contribution in [0.15, 0.2) is 24.3 Å². The molecule has 1 saturated heterocycles. The second kappa shape index (κ2) is 6.65. The van der Waals surface area contributed by atoms with Gasteiger partial charge in [0.1, 0.15) is 17.7 Å². The van der Waals surface area contributed by atoms with E-state index < -0.39 is 11.8 Å². The first-order valence-electron chi connectivity index (χ1n) is 7.09. The molecule has 1 fully saturated rings. The van der Waals surface area contributed by atoms with Crippen LogP contribution in [-0.2, 0) is 4.79 Å². The van der Waals surface area contributed by atoms with Gasteiger partial charge >= 0.3 is 6.09 Å². The largest absolute Gasteiger partial charge is 0.495 e. The average Bonchev–Trinajstić information content (AvgIpc) is 2.54. The molecular weight excluding hydrogens is 286 g/mol. The highest BCUT2D eigenvalue weighted by atomic mass is 16.5. The van der Waals surface area contributed by atoms with Crippen LogP contribution in [0.1, 0.15) is 6.42 Å². The number of aldehydes is 1. The lowest BCUT2D eigenvalue weighted by molar-refractivity contribution is -0.110. The maximum Gasteiger partial charge on any atom is 0.408 e. The molecule has 1 aromatic rings. The summed E-state index contributed by atoms with van der Waals surface area (Å²) in [5.41, 5.74) is -0.0484. The molecule has 7 heteroatoms. The van der Waals surface area contributed by atoms with Crippen molar-refractivity contribution in [3.05, 3.63) is 24.3 Å². The molecule has 1 aliphatic heterocycles. The van der Waals surface area contributed by atoms with Crippen LogP contribution in [0.2, 0.25) is 0 Å². The number of nitrogens with zero attached hydrogens (tertiary/aromatic N) is 2. The van der Waals surface area contributed by atoms with Crippen LogP contribution in [0, 0.1) is 0 Å². The van der Waals surface area contributed by atoms with E-state index in [4.69, 9.17) is 4.74 Å². The second-order valence-electron chi connectivity index (χ2n) is 5.18. The first-order valence-corrected chi connectivity index (χ1v) is 7.09. The molecule has 0 saturated carbocycles. The molecule has 2 N–H and O–H groups in total. The zero-order valence-corrected chi connectivity index (χ0v) is 12.8. The van der Waals surface area contributed by atoms with Crippen molar-refractivity contribution in [2.45, 2.75) is 12.1 Å². The van der Waals surface area contributed by atoms with E-state index in [0.717, 1.165) is 17.7 Å². The van der Waals surface area contributed by atoms with Crippen LogP contribution in [0.25, 0.3) is 0 Å². The minimum absolute atomic E-state index is 0.0848. The summed E-state index contributed by atoms with van der Waals surface area (Å²) in [4.78, 5) is 25.9. The highest BCUT2D eigenvalue weighted by Gasteiger charge is 2.43. The Balaban J connectivity index is 2.35. The first-order chi connectivity index (χ1) is 10.6. The summed E-state index contributed by atoms with van der Waals surface area (Å²) in [5.74, 6) is 0.724. The van der Waals surface area contributed by atoms with Gasteiger partial charge in [0.25, 0.3) is 0 Å². The van der Waals surface area contributed by atoms with Crippen molar-refractivity contribution in [2.24, 2.45) is 0 Å². The van der Waals surface area contributed by atoms with E-state index in [1.165, 1.54) is 4.90 Å². The zero-order valence-electron chi connectivity index (χ0n) is 12.8. The molecule has 120 valence electrons. The second-order valence-corrected chi connectivity index (χ2v) is 5.18. The summed E-state index contributed by atoms with van der Waals surface area (Å²) in [6.45, 7) is 1.21. The number of carbonyl (C=O) groups excluding carboxylic acids is 1. The quantitative estimate of drug-likeness (QED) is 0.790. The Morgan fingerprint density at radius 1 is 1.45 bits per heavy atom. The Bertz CT molecular complexity index is 551. The smallest absolute Gasteiger partial charge is 0.408 e. The minimum Gasteiger partial charge on any atom is -0.495 e. The van der Waals surface area contributed by atoms with Crippen LogP contribution >= 0.6 is 0 Å². The van der Waals surface area contributed by atoms with E-state index in [9.17, 15) is 14.7 Å². The number of hydrogen-bond acceptors (Lipinski definition) is 5. The fourth-order valence-corrected chi connectivity index (χ4v) is 2.92. The lowest BCUT2D eigenvalue weighted by Crippen LogP contribution is -2.70. The Morgan fingerprint density at radius 2 is 2.18 bits per heavy atom. The van der Waals surface area contributed by atoms with Gasteiger partial charge in [-0.15, -0.1) is 0 Å². The minimum atomic E-state index is -1.03.